The van der Waals surface area contributed by atoms with Crippen LogP contribution < -0.4 is 5.43 Å². The van der Waals surface area contributed by atoms with E-state index in [1.165, 1.54) is 43.3 Å². The van der Waals surface area contributed by atoms with Crippen LogP contribution in [0.5, 0.6) is 0 Å². The largest absolute Gasteiger partial charge is 0.428 e. The molecule has 0 aliphatic rings. The molecule has 1 aromatic heterocycles. The molecule has 0 saturated heterocycles. The van der Waals surface area contributed by atoms with E-state index in [0.717, 1.165) is 25.0 Å². The zero-order valence-corrected chi connectivity index (χ0v) is 14.5. The Labute approximate surface area is 138 Å². The standard InChI is InChI=1S/C20H29NO2/c1-3-4-5-6-7-8-9-10-14-18-16(2)20(22)17-13-11-12-15-19(17)21(18)23/h11-13,15,23H,3-10,14H2,1-2H3. The quantitative estimate of drug-likeness (QED) is 0.508. The fourth-order valence-electron chi connectivity index (χ4n) is 3.21. The van der Waals surface area contributed by atoms with E-state index in [0.29, 0.717) is 16.5 Å². The highest BCUT2D eigenvalue weighted by Crippen LogP contribution is 2.17. The van der Waals surface area contributed by atoms with Gasteiger partial charge in [0.1, 0.15) is 0 Å². The second-order valence-corrected chi connectivity index (χ2v) is 6.45. The highest BCUT2D eigenvalue weighted by atomic mass is 16.5. The number of hydrogen-bond donors (Lipinski definition) is 1. The first-order valence-corrected chi connectivity index (χ1v) is 8.99. The molecule has 2 rings (SSSR count). The maximum Gasteiger partial charge on any atom is 0.192 e. The molecule has 0 atom stereocenters. The maximum absolute atomic E-state index is 12.4. The molecule has 0 saturated carbocycles. The lowest BCUT2D eigenvalue weighted by Gasteiger charge is -2.13. The summed E-state index contributed by atoms with van der Waals surface area (Å²) in [6.45, 7) is 4.06. The Bertz CT molecular complexity index is 688. The van der Waals surface area contributed by atoms with E-state index in [1.54, 1.807) is 12.1 Å². The average molecular weight is 315 g/mol. The van der Waals surface area contributed by atoms with Crippen molar-refractivity contribution in [1.82, 2.24) is 4.73 Å². The lowest BCUT2D eigenvalue weighted by atomic mass is 10.0. The number of nitrogens with zero attached hydrogens (tertiary/aromatic N) is 1. The van der Waals surface area contributed by atoms with Gasteiger partial charge >= 0.3 is 0 Å². The van der Waals surface area contributed by atoms with Crippen LogP contribution in [0.1, 0.15) is 69.5 Å². The highest BCUT2D eigenvalue weighted by Gasteiger charge is 2.12. The first kappa shape index (κ1) is 17.6. The van der Waals surface area contributed by atoms with Gasteiger partial charge in [-0.15, -0.1) is 0 Å². The molecule has 126 valence electrons. The van der Waals surface area contributed by atoms with Gasteiger partial charge in [0, 0.05) is 10.9 Å². The second-order valence-electron chi connectivity index (χ2n) is 6.45. The number of hydrogen-bond acceptors (Lipinski definition) is 2. The molecule has 3 heteroatoms. The monoisotopic (exact) mass is 315 g/mol. The number of unbranched alkanes of at least 4 members (excludes halogenated alkanes) is 7. The number of aromatic nitrogens is 1. The molecule has 0 spiro atoms. The summed E-state index contributed by atoms with van der Waals surface area (Å²) in [5, 5.41) is 11.0. The fourth-order valence-corrected chi connectivity index (χ4v) is 3.21. The highest BCUT2D eigenvalue weighted by molar-refractivity contribution is 5.79. The third-order valence-electron chi connectivity index (χ3n) is 4.67. The zero-order chi connectivity index (χ0) is 16.7. The van der Waals surface area contributed by atoms with Crippen LogP contribution in [0.25, 0.3) is 10.9 Å². The van der Waals surface area contributed by atoms with Gasteiger partial charge in [-0.25, -0.2) is 0 Å². The molecular weight excluding hydrogens is 286 g/mol. The van der Waals surface area contributed by atoms with Crippen molar-refractivity contribution in [3.05, 3.63) is 45.7 Å². The molecule has 3 nitrogen and oxygen atoms in total. The Balaban J connectivity index is 1.94. The van der Waals surface area contributed by atoms with Crippen LogP contribution in [-0.4, -0.2) is 9.94 Å². The first-order valence-electron chi connectivity index (χ1n) is 8.99. The fraction of sp³-hybridized carbons (Fsp3) is 0.550. The molecular formula is C20H29NO2. The van der Waals surface area contributed by atoms with Crippen LogP contribution in [0.4, 0.5) is 0 Å². The van der Waals surface area contributed by atoms with Crippen LogP contribution in [0.15, 0.2) is 29.1 Å². The average Bonchev–Trinajstić information content (AvgIpc) is 2.58. The van der Waals surface area contributed by atoms with Crippen LogP contribution >= 0.6 is 0 Å². The summed E-state index contributed by atoms with van der Waals surface area (Å²) in [6, 6.07) is 7.26. The van der Waals surface area contributed by atoms with Gasteiger partial charge in [0.05, 0.1) is 11.2 Å². The molecule has 23 heavy (non-hydrogen) atoms. The Kier molecular flexibility index (Phi) is 6.69. The van der Waals surface area contributed by atoms with E-state index in [4.69, 9.17) is 0 Å². The number of benzene rings is 1. The van der Waals surface area contributed by atoms with Crippen molar-refractivity contribution in [2.24, 2.45) is 0 Å². The molecule has 1 aromatic carbocycles. The zero-order valence-electron chi connectivity index (χ0n) is 14.5. The van der Waals surface area contributed by atoms with Crippen LogP contribution in [0.3, 0.4) is 0 Å². The molecule has 0 fully saturated rings. The van der Waals surface area contributed by atoms with E-state index < -0.39 is 0 Å². The van der Waals surface area contributed by atoms with E-state index in [2.05, 4.69) is 6.92 Å². The Hall–Kier alpha value is -1.77. The summed E-state index contributed by atoms with van der Waals surface area (Å²) in [7, 11) is 0. The number of rotatable bonds is 9. The normalized spacial score (nSPS) is 11.2. The second kappa shape index (κ2) is 8.76. The predicted octanol–water partition coefficient (Wildman–Crippen LogP) is 5.23. The molecule has 1 N–H and O–H groups in total. The van der Waals surface area contributed by atoms with Gasteiger partial charge < -0.3 is 5.21 Å². The van der Waals surface area contributed by atoms with Gasteiger partial charge in [-0.1, -0.05) is 64.0 Å². The minimum atomic E-state index is 0.0421. The first-order chi connectivity index (χ1) is 11.2. The molecule has 0 radical (unpaired) electrons. The van der Waals surface area contributed by atoms with Crippen molar-refractivity contribution in [3.63, 3.8) is 0 Å². The summed E-state index contributed by atoms with van der Waals surface area (Å²) in [5.74, 6) is 0. The maximum atomic E-state index is 12.4. The van der Waals surface area contributed by atoms with Gasteiger partial charge in [0.15, 0.2) is 5.43 Å². The number of pyridine rings is 1. The molecule has 2 aromatic rings. The van der Waals surface area contributed by atoms with Gasteiger partial charge in [0.25, 0.3) is 0 Å². The lowest BCUT2D eigenvalue weighted by Crippen LogP contribution is -2.17. The molecule has 0 bridgehead atoms. The van der Waals surface area contributed by atoms with Crippen LogP contribution in [0.2, 0.25) is 0 Å². The molecule has 0 aliphatic carbocycles. The van der Waals surface area contributed by atoms with E-state index >= 15 is 0 Å². The molecule has 0 amide bonds. The smallest absolute Gasteiger partial charge is 0.192 e. The van der Waals surface area contributed by atoms with Crippen LogP contribution in [-0.2, 0) is 6.42 Å². The summed E-state index contributed by atoms with van der Waals surface area (Å²) in [4.78, 5) is 12.4. The lowest BCUT2D eigenvalue weighted by molar-refractivity contribution is 0.187. The summed E-state index contributed by atoms with van der Waals surface area (Å²) < 4.78 is 1.22. The Morgan fingerprint density at radius 2 is 1.57 bits per heavy atom. The minimum Gasteiger partial charge on any atom is -0.428 e. The SMILES string of the molecule is CCCCCCCCCCc1c(C)c(=O)c2ccccc2n1O. The van der Waals surface area contributed by atoms with Gasteiger partial charge in [-0.2, -0.15) is 4.73 Å². The summed E-state index contributed by atoms with van der Waals surface area (Å²) in [6.07, 6.45) is 10.8. The third-order valence-corrected chi connectivity index (χ3v) is 4.67. The van der Waals surface area contributed by atoms with Crippen LogP contribution in [0, 0.1) is 6.92 Å². The van der Waals surface area contributed by atoms with E-state index in [-0.39, 0.29) is 5.43 Å². The summed E-state index contributed by atoms with van der Waals surface area (Å²) >= 11 is 0. The third kappa shape index (κ3) is 4.37. The molecule has 1 heterocycles. The number of para-hydroxylation sites is 1. The van der Waals surface area contributed by atoms with Crippen molar-refractivity contribution >= 4 is 10.9 Å². The van der Waals surface area contributed by atoms with E-state index in [9.17, 15) is 10.0 Å². The topological polar surface area (TPSA) is 42.2 Å². The summed E-state index contributed by atoms with van der Waals surface area (Å²) in [5.41, 5.74) is 2.09. The minimum absolute atomic E-state index is 0.0421. The Morgan fingerprint density at radius 1 is 0.957 bits per heavy atom. The van der Waals surface area contributed by atoms with Gasteiger partial charge in [-0.3, -0.25) is 4.79 Å². The van der Waals surface area contributed by atoms with Crippen molar-refractivity contribution in [2.75, 3.05) is 0 Å². The van der Waals surface area contributed by atoms with Crippen molar-refractivity contribution in [1.29, 1.82) is 0 Å². The number of fused-ring (bicyclic) bond motifs is 1. The van der Waals surface area contributed by atoms with Crippen molar-refractivity contribution in [3.8, 4) is 0 Å². The molecule has 0 aliphatic heterocycles. The van der Waals surface area contributed by atoms with Crippen molar-refractivity contribution in [2.45, 2.75) is 71.6 Å². The van der Waals surface area contributed by atoms with Gasteiger partial charge in [-0.05, 0) is 31.9 Å². The Morgan fingerprint density at radius 3 is 2.26 bits per heavy atom. The molecule has 0 unspecified atom stereocenters. The van der Waals surface area contributed by atoms with Gasteiger partial charge in [0.2, 0.25) is 0 Å². The van der Waals surface area contributed by atoms with E-state index in [1.807, 2.05) is 19.1 Å². The predicted molar refractivity (Wildman–Crippen MR) is 96.4 cm³/mol. The van der Waals surface area contributed by atoms with Crippen molar-refractivity contribution < 1.29 is 5.21 Å².